The number of hydrogen-bond donors (Lipinski definition) is 1. The highest BCUT2D eigenvalue weighted by Crippen LogP contribution is 2.21. The third-order valence-corrected chi connectivity index (χ3v) is 3.50. The Morgan fingerprint density at radius 1 is 1.42 bits per heavy atom. The largest absolute Gasteiger partial charge is 0.389 e. The first-order chi connectivity index (χ1) is 9.08. The van der Waals surface area contributed by atoms with Gasteiger partial charge in [0.15, 0.2) is 0 Å². The van der Waals surface area contributed by atoms with Crippen molar-refractivity contribution < 1.29 is 0 Å². The summed E-state index contributed by atoms with van der Waals surface area (Å²) < 4.78 is 1.07. The van der Waals surface area contributed by atoms with Crippen LogP contribution in [0.1, 0.15) is 11.1 Å². The molecule has 0 aliphatic heterocycles. The van der Waals surface area contributed by atoms with Crippen molar-refractivity contribution in [2.75, 3.05) is 11.9 Å². The number of nitrogens with two attached hydrogens (primary N) is 1. The third-order valence-electron chi connectivity index (χ3n) is 2.79. The van der Waals surface area contributed by atoms with Gasteiger partial charge in [-0.15, -0.1) is 0 Å². The second-order valence-corrected chi connectivity index (χ2v) is 5.60. The van der Waals surface area contributed by atoms with Gasteiger partial charge in [-0.1, -0.05) is 40.3 Å². The SMILES string of the molecule is CN(Cc1cccc(Br)c1)c1cnccc1C(N)=S. The maximum atomic E-state index is 5.74. The maximum Gasteiger partial charge on any atom is 0.106 e. The van der Waals surface area contributed by atoms with Crippen LogP contribution in [0.2, 0.25) is 0 Å². The van der Waals surface area contributed by atoms with Crippen LogP contribution in [0, 0.1) is 0 Å². The zero-order valence-corrected chi connectivity index (χ0v) is 12.9. The number of thiocarbonyl (C=S) groups is 1. The quantitative estimate of drug-likeness (QED) is 0.871. The smallest absolute Gasteiger partial charge is 0.106 e. The first kappa shape index (κ1) is 14.0. The summed E-state index contributed by atoms with van der Waals surface area (Å²) in [6, 6.07) is 10.0. The Labute approximate surface area is 126 Å². The van der Waals surface area contributed by atoms with Gasteiger partial charge in [0.05, 0.1) is 11.9 Å². The van der Waals surface area contributed by atoms with E-state index in [1.807, 2.05) is 25.2 Å². The predicted octanol–water partition coefficient (Wildman–Crippen LogP) is 3.11. The molecule has 0 radical (unpaired) electrons. The highest BCUT2D eigenvalue weighted by molar-refractivity contribution is 9.10. The fourth-order valence-corrected chi connectivity index (χ4v) is 2.51. The maximum absolute atomic E-state index is 5.74. The van der Waals surface area contributed by atoms with Crippen molar-refractivity contribution in [1.29, 1.82) is 0 Å². The zero-order chi connectivity index (χ0) is 13.8. The van der Waals surface area contributed by atoms with Crippen LogP contribution in [-0.4, -0.2) is 17.0 Å². The van der Waals surface area contributed by atoms with Gasteiger partial charge in [-0.3, -0.25) is 4.98 Å². The molecule has 0 fully saturated rings. The van der Waals surface area contributed by atoms with Crippen LogP contribution in [0.25, 0.3) is 0 Å². The summed E-state index contributed by atoms with van der Waals surface area (Å²) in [6.45, 7) is 0.765. The fraction of sp³-hybridized carbons (Fsp3) is 0.143. The molecule has 2 aromatic rings. The first-order valence-electron chi connectivity index (χ1n) is 5.77. The summed E-state index contributed by atoms with van der Waals surface area (Å²) in [5.74, 6) is 0. The molecule has 0 spiro atoms. The molecule has 0 saturated carbocycles. The van der Waals surface area contributed by atoms with Crippen molar-refractivity contribution in [3.05, 3.63) is 58.3 Å². The van der Waals surface area contributed by atoms with Crippen LogP contribution in [0.5, 0.6) is 0 Å². The van der Waals surface area contributed by atoms with E-state index in [0.717, 1.165) is 22.3 Å². The molecule has 0 unspecified atom stereocenters. The molecule has 0 aliphatic rings. The van der Waals surface area contributed by atoms with Gasteiger partial charge >= 0.3 is 0 Å². The molecule has 1 aromatic carbocycles. The number of anilines is 1. The van der Waals surface area contributed by atoms with Gasteiger partial charge in [0.1, 0.15) is 4.99 Å². The van der Waals surface area contributed by atoms with E-state index in [0.29, 0.717) is 4.99 Å². The van der Waals surface area contributed by atoms with Gasteiger partial charge in [0, 0.05) is 29.8 Å². The number of rotatable bonds is 4. The molecule has 2 rings (SSSR count). The molecule has 0 aliphatic carbocycles. The Morgan fingerprint density at radius 3 is 2.89 bits per heavy atom. The van der Waals surface area contributed by atoms with Crippen molar-refractivity contribution in [1.82, 2.24) is 4.98 Å². The minimum Gasteiger partial charge on any atom is -0.389 e. The second-order valence-electron chi connectivity index (χ2n) is 4.24. The Morgan fingerprint density at radius 2 is 2.21 bits per heavy atom. The third kappa shape index (κ3) is 3.52. The molecule has 5 heteroatoms. The molecule has 2 N–H and O–H groups in total. The molecule has 0 amide bonds. The minimum atomic E-state index is 0.387. The monoisotopic (exact) mass is 335 g/mol. The predicted molar refractivity (Wildman–Crippen MR) is 86.4 cm³/mol. The van der Waals surface area contributed by atoms with E-state index in [2.05, 4.69) is 37.9 Å². The van der Waals surface area contributed by atoms with Gasteiger partial charge in [0.25, 0.3) is 0 Å². The first-order valence-corrected chi connectivity index (χ1v) is 6.97. The molecule has 0 atom stereocenters. The summed E-state index contributed by atoms with van der Waals surface area (Å²) in [7, 11) is 2.00. The average molecular weight is 336 g/mol. The van der Waals surface area contributed by atoms with E-state index in [9.17, 15) is 0 Å². The molecule has 3 nitrogen and oxygen atoms in total. The van der Waals surface area contributed by atoms with Crippen molar-refractivity contribution in [3.63, 3.8) is 0 Å². The summed E-state index contributed by atoms with van der Waals surface area (Å²) >= 11 is 8.54. The Kier molecular flexibility index (Phi) is 4.50. The van der Waals surface area contributed by atoms with Gasteiger partial charge in [-0.05, 0) is 23.8 Å². The lowest BCUT2D eigenvalue weighted by atomic mass is 10.1. The number of aromatic nitrogens is 1. The molecule has 1 aromatic heterocycles. The van der Waals surface area contributed by atoms with Crippen molar-refractivity contribution in [3.8, 4) is 0 Å². The van der Waals surface area contributed by atoms with Gasteiger partial charge in [-0.2, -0.15) is 0 Å². The Balaban J connectivity index is 2.25. The highest BCUT2D eigenvalue weighted by atomic mass is 79.9. The molecular formula is C14H14BrN3S. The van der Waals surface area contributed by atoms with E-state index in [4.69, 9.17) is 18.0 Å². The molecule has 19 heavy (non-hydrogen) atoms. The fourth-order valence-electron chi connectivity index (χ4n) is 1.89. The second kappa shape index (κ2) is 6.12. The Bertz CT molecular complexity index is 601. The number of hydrogen-bond acceptors (Lipinski definition) is 3. The van der Waals surface area contributed by atoms with Crippen molar-refractivity contribution in [2.45, 2.75) is 6.54 Å². The number of nitrogens with zero attached hydrogens (tertiary/aromatic N) is 2. The van der Waals surface area contributed by atoms with E-state index < -0.39 is 0 Å². The van der Waals surface area contributed by atoms with E-state index in [1.54, 1.807) is 12.4 Å². The van der Waals surface area contributed by atoms with Crippen LogP contribution in [0.3, 0.4) is 0 Å². The Hall–Kier alpha value is -1.46. The number of benzene rings is 1. The van der Waals surface area contributed by atoms with Gasteiger partial charge < -0.3 is 10.6 Å². The molecular weight excluding hydrogens is 322 g/mol. The van der Waals surface area contributed by atoms with Gasteiger partial charge in [-0.25, -0.2) is 0 Å². The lowest BCUT2D eigenvalue weighted by molar-refractivity contribution is 0.915. The normalized spacial score (nSPS) is 10.2. The molecule has 0 saturated heterocycles. The van der Waals surface area contributed by atoms with Crippen LogP contribution < -0.4 is 10.6 Å². The summed E-state index contributed by atoms with van der Waals surface area (Å²) in [5, 5.41) is 0. The highest BCUT2D eigenvalue weighted by Gasteiger charge is 2.10. The van der Waals surface area contributed by atoms with Crippen LogP contribution >= 0.6 is 28.1 Å². The van der Waals surface area contributed by atoms with E-state index >= 15 is 0 Å². The summed E-state index contributed by atoms with van der Waals surface area (Å²) in [4.78, 5) is 6.62. The lowest BCUT2D eigenvalue weighted by Gasteiger charge is -2.21. The number of halogens is 1. The minimum absolute atomic E-state index is 0.387. The standard InChI is InChI=1S/C14H14BrN3S/c1-18(9-10-3-2-4-11(15)7-10)13-8-17-6-5-12(13)14(16)19/h2-8H,9H2,1H3,(H2,16,19). The van der Waals surface area contributed by atoms with Crippen LogP contribution in [0.4, 0.5) is 5.69 Å². The van der Waals surface area contributed by atoms with Crippen LogP contribution in [0.15, 0.2) is 47.2 Å². The molecule has 1 heterocycles. The van der Waals surface area contributed by atoms with E-state index in [1.165, 1.54) is 5.56 Å². The van der Waals surface area contributed by atoms with E-state index in [-0.39, 0.29) is 0 Å². The topological polar surface area (TPSA) is 42.2 Å². The lowest BCUT2D eigenvalue weighted by Crippen LogP contribution is -2.21. The summed E-state index contributed by atoms with van der Waals surface area (Å²) in [6.07, 6.45) is 3.48. The average Bonchev–Trinajstić information content (AvgIpc) is 2.38. The number of pyridine rings is 1. The summed E-state index contributed by atoms with van der Waals surface area (Å²) in [5.41, 5.74) is 8.73. The van der Waals surface area contributed by atoms with Crippen molar-refractivity contribution >= 4 is 38.8 Å². The van der Waals surface area contributed by atoms with Crippen LogP contribution in [-0.2, 0) is 6.54 Å². The zero-order valence-electron chi connectivity index (χ0n) is 10.5. The van der Waals surface area contributed by atoms with Crippen molar-refractivity contribution in [2.24, 2.45) is 5.73 Å². The molecule has 0 bridgehead atoms. The molecule has 98 valence electrons. The van der Waals surface area contributed by atoms with Gasteiger partial charge in [0.2, 0.25) is 0 Å².